The van der Waals surface area contributed by atoms with Crippen LogP contribution in [-0.4, -0.2) is 52.1 Å². The molecule has 1 atom stereocenters. The van der Waals surface area contributed by atoms with Crippen molar-refractivity contribution in [2.24, 2.45) is 0 Å². The summed E-state index contributed by atoms with van der Waals surface area (Å²) in [6.45, 7) is 2.03. The van der Waals surface area contributed by atoms with E-state index in [-0.39, 0.29) is 35.7 Å². The maximum Gasteiger partial charge on any atom is 0.251 e. The molecule has 1 aliphatic heterocycles. The molecule has 1 aromatic heterocycles. The van der Waals surface area contributed by atoms with Crippen LogP contribution in [0.2, 0.25) is 0 Å². The van der Waals surface area contributed by atoms with Gasteiger partial charge in [0.05, 0.1) is 11.9 Å². The number of rotatable bonds is 6. The van der Waals surface area contributed by atoms with Gasteiger partial charge >= 0.3 is 0 Å². The van der Waals surface area contributed by atoms with E-state index in [1.165, 1.54) is 6.07 Å². The summed E-state index contributed by atoms with van der Waals surface area (Å²) >= 11 is 0. The first-order valence-corrected chi connectivity index (χ1v) is 12.8. The van der Waals surface area contributed by atoms with Crippen molar-refractivity contribution in [3.63, 3.8) is 0 Å². The molecule has 3 N–H and O–H groups in total. The topological polar surface area (TPSA) is 111 Å². The molecule has 2 saturated carbocycles. The molecular formula is C26H34N6O3. The predicted octanol–water partition coefficient (Wildman–Crippen LogP) is 4.10. The van der Waals surface area contributed by atoms with Crippen LogP contribution >= 0.6 is 0 Å². The first-order chi connectivity index (χ1) is 17.0. The molecule has 2 amide bonds. The minimum absolute atomic E-state index is 0.0447. The maximum absolute atomic E-state index is 13.0. The Hall–Kier alpha value is -3.36. The highest BCUT2D eigenvalue weighted by atomic mass is 16.3. The summed E-state index contributed by atoms with van der Waals surface area (Å²) in [5.41, 5.74) is 1.53. The molecule has 2 aliphatic carbocycles. The van der Waals surface area contributed by atoms with Crippen LogP contribution in [0.4, 0.5) is 23.1 Å². The Balaban J connectivity index is 1.39. The molecule has 0 saturated heterocycles. The SMILES string of the molecule is CC[C@@H]1C(=O)N(C)c2cnc(Nc3ccc(C(=O)NC4CCCC4)cc3O)nc2N1C1CCCC1. The molecule has 35 heavy (non-hydrogen) atoms. The summed E-state index contributed by atoms with van der Waals surface area (Å²) in [4.78, 5) is 38.7. The number of carbonyl (C=O) groups is 2. The lowest BCUT2D eigenvalue weighted by molar-refractivity contribution is -0.120. The number of nitrogens with one attached hydrogen (secondary N) is 2. The number of anilines is 4. The smallest absolute Gasteiger partial charge is 0.251 e. The number of aromatic hydroxyl groups is 1. The Bertz CT molecular complexity index is 1110. The number of amides is 2. The number of hydrogen-bond acceptors (Lipinski definition) is 7. The highest BCUT2D eigenvalue weighted by molar-refractivity contribution is 6.04. The number of likely N-dealkylation sites (N-methyl/N-ethyl adjacent to an activating group) is 1. The molecule has 0 spiro atoms. The first-order valence-electron chi connectivity index (χ1n) is 12.8. The fraction of sp³-hybridized carbons (Fsp3) is 0.538. The van der Waals surface area contributed by atoms with Crippen LogP contribution in [0.1, 0.15) is 75.1 Å². The minimum atomic E-state index is -0.246. The van der Waals surface area contributed by atoms with Crippen LogP contribution in [0.25, 0.3) is 0 Å². The Morgan fingerprint density at radius 1 is 1.14 bits per heavy atom. The van der Waals surface area contributed by atoms with Crippen LogP contribution in [0.15, 0.2) is 24.4 Å². The van der Waals surface area contributed by atoms with Crippen molar-refractivity contribution in [1.82, 2.24) is 15.3 Å². The second-order valence-electron chi connectivity index (χ2n) is 9.88. The van der Waals surface area contributed by atoms with Crippen molar-refractivity contribution in [2.75, 3.05) is 22.2 Å². The summed E-state index contributed by atoms with van der Waals surface area (Å²) in [5.74, 6) is 0.935. The molecule has 5 rings (SSSR count). The van der Waals surface area contributed by atoms with Crippen LogP contribution < -0.4 is 20.4 Å². The highest BCUT2D eigenvalue weighted by Gasteiger charge is 2.41. The Labute approximate surface area is 205 Å². The van der Waals surface area contributed by atoms with Gasteiger partial charge in [-0.3, -0.25) is 9.59 Å². The highest BCUT2D eigenvalue weighted by Crippen LogP contribution is 2.40. The number of carbonyl (C=O) groups excluding carboxylic acids is 2. The average Bonchev–Trinajstić information content (AvgIpc) is 3.57. The number of hydrogen-bond donors (Lipinski definition) is 3. The Morgan fingerprint density at radius 2 is 1.86 bits per heavy atom. The number of benzene rings is 1. The quantitative estimate of drug-likeness (QED) is 0.536. The van der Waals surface area contributed by atoms with Crippen LogP contribution in [0, 0.1) is 0 Å². The molecule has 2 fully saturated rings. The molecule has 9 nitrogen and oxygen atoms in total. The van der Waals surface area contributed by atoms with Crippen molar-refractivity contribution >= 4 is 35.0 Å². The zero-order chi connectivity index (χ0) is 24.5. The fourth-order valence-corrected chi connectivity index (χ4v) is 5.68. The van der Waals surface area contributed by atoms with Gasteiger partial charge in [0, 0.05) is 24.7 Å². The Kier molecular flexibility index (Phi) is 6.49. The fourth-order valence-electron chi connectivity index (χ4n) is 5.68. The molecule has 1 aromatic carbocycles. The second-order valence-corrected chi connectivity index (χ2v) is 9.88. The molecule has 9 heteroatoms. The molecule has 0 bridgehead atoms. The van der Waals surface area contributed by atoms with Gasteiger partial charge in [-0.05, 0) is 50.3 Å². The van der Waals surface area contributed by atoms with E-state index in [0.29, 0.717) is 29.3 Å². The van der Waals surface area contributed by atoms with Crippen LogP contribution in [0.3, 0.4) is 0 Å². The van der Waals surface area contributed by atoms with Crippen LogP contribution in [-0.2, 0) is 4.79 Å². The molecule has 2 heterocycles. The van der Waals surface area contributed by atoms with Crippen molar-refractivity contribution in [2.45, 2.75) is 82.8 Å². The van der Waals surface area contributed by atoms with Gasteiger partial charge in [-0.15, -0.1) is 0 Å². The first kappa shape index (κ1) is 23.4. The largest absolute Gasteiger partial charge is 0.506 e. The number of nitrogens with zero attached hydrogens (tertiary/aromatic N) is 4. The van der Waals surface area contributed by atoms with E-state index in [0.717, 1.165) is 57.2 Å². The summed E-state index contributed by atoms with van der Waals surface area (Å²) in [6.07, 6.45) is 11.1. The van der Waals surface area contributed by atoms with Crippen molar-refractivity contribution in [3.8, 4) is 5.75 Å². The summed E-state index contributed by atoms with van der Waals surface area (Å²) < 4.78 is 0. The summed E-state index contributed by atoms with van der Waals surface area (Å²) in [7, 11) is 1.77. The van der Waals surface area contributed by atoms with Gasteiger partial charge in [-0.2, -0.15) is 4.98 Å². The lowest BCUT2D eigenvalue weighted by atomic mass is 10.0. The van der Waals surface area contributed by atoms with Gasteiger partial charge in [-0.25, -0.2) is 4.98 Å². The van der Waals surface area contributed by atoms with Gasteiger partial charge in [-0.1, -0.05) is 32.6 Å². The van der Waals surface area contributed by atoms with Crippen molar-refractivity contribution < 1.29 is 14.7 Å². The zero-order valence-electron chi connectivity index (χ0n) is 20.5. The van der Waals surface area contributed by atoms with Crippen molar-refractivity contribution in [1.29, 1.82) is 0 Å². The lowest BCUT2D eigenvalue weighted by Gasteiger charge is -2.43. The number of aromatic nitrogens is 2. The second kappa shape index (κ2) is 9.71. The monoisotopic (exact) mass is 478 g/mol. The van der Waals surface area contributed by atoms with Gasteiger partial charge in [0.25, 0.3) is 5.91 Å². The van der Waals surface area contributed by atoms with Gasteiger partial charge in [0.1, 0.15) is 17.5 Å². The third-order valence-corrected chi connectivity index (χ3v) is 7.61. The third kappa shape index (κ3) is 4.51. The van der Waals surface area contributed by atoms with E-state index >= 15 is 0 Å². The molecular weight excluding hydrogens is 444 g/mol. The number of fused-ring (bicyclic) bond motifs is 1. The molecule has 0 radical (unpaired) electrons. The van der Waals surface area contributed by atoms with E-state index < -0.39 is 0 Å². The van der Waals surface area contributed by atoms with Gasteiger partial charge < -0.3 is 25.5 Å². The zero-order valence-corrected chi connectivity index (χ0v) is 20.5. The summed E-state index contributed by atoms with van der Waals surface area (Å²) in [6, 6.07) is 5.08. The van der Waals surface area contributed by atoms with E-state index in [9.17, 15) is 14.7 Å². The average molecular weight is 479 g/mol. The molecule has 3 aliphatic rings. The molecule has 186 valence electrons. The lowest BCUT2D eigenvalue weighted by Crippen LogP contribution is -2.55. The van der Waals surface area contributed by atoms with Crippen molar-refractivity contribution in [3.05, 3.63) is 30.0 Å². The Morgan fingerprint density at radius 3 is 2.54 bits per heavy atom. The predicted molar refractivity (Wildman–Crippen MR) is 135 cm³/mol. The van der Waals surface area contributed by atoms with Crippen LogP contribution in [0.5, 0.6) is 5.75 Å². The molecule has 0 unspecified atom stereocenters. The van der Waals surface area contributed by atoms with Gasteiger partial charge in [0.15, 0.2) is 5.82 Å². The minimum Gasteiger partial charge on any atom is -0.506 e. The normalized spacial score (nSPS) is 20.9. The van der Waals surface area contributed by atoms with E-state index in [1.54, 1.807) is 30.3 Å². The standard InChI is InChI=1S/C26H34N6O3/c1-3-20-25(35)31(2)21-15-27-26(30-23(21)32(20)18-10-6-7-11-18)29-19-13-12-16(14-22(19)33)24(34)28-17-8-4-5-9-17/h12-15,17-18,20,33H,3-11H2,1-2H3,(H,28,34)(H,27,29,30)/t20-/m1/s1. The maximum atomic E-state index is 13.0. The number of phenols is 1. The molecule has 2 aromatic rings. The van der Waals surface area contributed by atoms with E-state index in [2.05, 4.69) is 20.5 Å². The summed E-state index contributed by atoms with van der Waals surface area (Å²) in [5, 5.41) is 16.8. The van der Waals surface area contributed by atoms with Gasteiger partial charge in [0.2, 0.25) is 11.9 Å². The third-order valence-electron chi connectivity index (χ3n) is 7.61. The van der Waals surface area contributed by atoms with E-state index in [4.69, 9.17) is 4.98 Å². The van der Waals surface area contributed by atoms with E-state index in [1.807, 2.05) is 6.92 Å². The number of phenolic OH excluding ortho intramolecular Hbond substituents is 1.